The van der Waals surface area contributed by atoms with Crippen LogP contribution in [-0.2, 0) is 22.6 Å². The molecule has 1 heterocycles. The van der Waals surface area contributed by atoms with Gasteiger partial charge < -0.3 is 14.4 Å². The van der Waals surface area contributed by atoms with Crippen LogP contribution in [0.4, 0.5) is 0 Å². The van der Waals surface area contributed by atoms with Gasteiger partial charge in [-0.15, -0.1) is 0 Å². The van der Waals surface area contributed by atoms with Crippen molar-refractivity contribution in [2.45, 2.75) is 25.9 Å². The second kappa shape index (κ2) is 9.39. The Balaban J connectivity index is 1.37. The molecular weight excluding hydrogens is 326 g/mol. The fourth-order valence-electron chi connectivity index (χ4n) is 3.40. The van der Waals surface area contributed by atoms with Gasteiger partial charge in [0.25, 0.3) is 0 Å². The van der Waals surface area contributed by atoms with E-state index in [4.69, 9.17) is 9.47 Å². The van der Waals surface area contributed by atoms with Crippen molar-refractivity contribution in [2.24, 2.45) is 5.92 Å². The van der Waals surface area contributed by atoms with Crippen LogP contribution in [0.2, 0.25) is 0 Å². The lowest BCUT2D eigenvalue weighted by Crippen LogP contribution is -2.40. The van der Waals surface area contributed by atoms with Crippen molar-refractivity contribution in [3.63, 3.8) is 0 Å². The van der Waals surface area contributed by atoms with Crippen LogP contribution in [0.1, 0.15) is 24.0 Å². The van der Waals surface area contributed by atoms with E-state index in [-0.39, 0.29) is 12.5 Å². The van der Waals surface area contributed by atoms with Crippen LogP contribution < -0.4 is 4.74 Å². The number of carbonyl (C=O) groups excluding carboxylic acids is 1. The van der Waals surface area contributed by atoms with E-state index in [1.807, 2.05) is 47.4 Å². The van der Waals surface area contributed by atoms with Crippen molar-refractivity contribution in [3.05, 3.63) is 65.7 Å². The van der Waals surface area contributed by atoms with Gasteiger partial charge in [-0.1, -0.05) is 42.5 Å². The summed E-state index contributed by atoms with van der Waals surface area (Å²) in [6.45, 7) is 2.31. The Labute approximate surface area is 155 Å². The second-order valence-corrected chi connectivity index (χ2v) is 6.85. The number of hydrogen-bond acceptors (Lipinski definition) is 3. The summed E-state index contributed by atoms with van der Waals surface area (Å²) in [6.07, 6.45) is 3.17. The summed E-state index contributed by atoms with van der Waals surface area (Å²) < 4.78 is 10.8. The summed E-state index contributed by atoms with van der Waals surface area (Å²) in [5, 5.41) is 0. The first-order valence-corrected chi connectivity index (χ1v) is 9.27. The van der Waals surface area contributed by atoms with E-state index >= 15 is 0 Å². The fraction of sp³-hybridized carbons (Fsp3) is 0.409. The predicted octanol–water partition coefficient (Wildman–Crippen LogP) is 3.69. The van der Waals surface area contributed by atoms with E-state index in [0.717, 1.165) is 43.7 Å². The number of rotatable bonds is 7. The summed E-state index contributed by atoms with van der Waals surface area (Å²) in [4.78, 5) is 14.3. The molecular formula is C22H27NO3. The second-order valence-electron chi connectivity index (χ2n) is 6.85. The lowest BCUT2D eigenvalue weighted by Gasteiger charge is -2.32. The molecule has 138 valence electrons. The van der Waals surface area contributed by atoms with Gasteiger partial charge in [0.1, 0.15) is 12.4 Å². The summed E-state index contributed by atoms with van der Waals surface area (Å²) >= 11 is 0. The summed E-state index contributed by atoms with van der Waals surface area (Å²) in [5.74, 6) is 1.63. The molecule has 0 N–H and O–H groups in total. The van der Waals surface area contributed by atoms with Crippen molar-refractivity contribution < 1.29 is 14.3 Å². The van der Waals surface area contributed by atoms with Crippen LogP contribution in [0, 0.1) is 5.92 Å². The Hall–Kier alpha value is -2.33. The topological polar surface area (TPSA) is 38.8 Å². The number of amides is 1. The normalized spacial score (nSPS) is 15.0. The first kappa shape index (κ1) is 18.5. The maximum absolute atomic E-state index is 12.3. The Bertz CT molecular complexity index is 676. The molecule has 0 unspecified atom stereocenters. The summed E-state index contributed by atoms with van der Waals surface area (Å²) in [7, 11) is 1.69. The van der Waals surface area contributed by atoms with Gasteiger partial charge in [-0.3, -0.25) is 4.79 Å². The quantitative estimate of drug-likeness (QED) is 0.762. The van der Waals surface area contributed by atoms with Crippen LogP contribution in [0.3, 0.4) is 0 Å². The molecule has 4 heteroatoms. The standard InChI is InChI=1S/C22H27NO3/c1-25-21-9-7-18(8-10-21)15-19-11-13-23(14-12-19)22(24)17-26-16-20-5-3-2-4-6-20/h2-10,19H,11-17H2,1H3. The molecule has 0 radical (unpaired) electrons. The highest BCUT2D eigenvalue weighted by atomic mass is 16.5. The molecule has 1 fully saturated rings. The van der Waals surface area contributed by atoms with Crippen LogP contribution >= 0.6 is 0 Å². The number of benzene rings is 2. The van der Waals surface area contributed by atoms with Crippen molar-refractivity contribution in [1.82, 2.24) is 4.90 Å². The Kier molecular flexibility index (Phi) is 6.67. The molecule has 3 rings (SSSR count). The third-order valence-corrected chi connectivity index (χ3v) is 4.99. The van der Waals surface area contributed by atoms with Crippen LogP contribution in [0.15, 0.2) is 54.6 Å². The zero-order chi connectivity index (χ0) is 18.2. The average molecular weight is 353 g/mol. The first-order valence-electron chi connectivity index (χ1n) is 9.27. The Morgan fingerprint density at radius 2 is 1.69 bits per heavy atom. The number of ether oxygens (including phenoxy) is 2. The maximum atomic E-state index is 12.3. The number of carbonyl (C=O) groups is 1. The minimum atomic E-state index is 0.101. The molecule has 2 aromatic carbocycles. The van der Waals surface area contributed by atoms with Gasteiger partial charge in [-0.05, 0) is 48.4 Å². The molecule has 26 heavy (non-hydrogen) atoms. The van der Waals surface area contributed by atoms with E-state index in [0.29, 0.717) is 12.5 Å². The van der Waals surface area contributed by atoms with Crippen LogP contribution in [-0.4, -0.2) is 37.6 Å². The number of hydrogen-bond donors (Lipinski definition) is 0. The van der Waals surface area contributed by atoms with Gasteiger partial charge in [-0.2, -0.15) is 0 Å². The lowest BCUT2D eigenvalue weighted by atomic mass is 9.90. The molecule has 0 saturated carbocycles. The van der Waals surface area contributed by atoms with E-state index in [1.165, 1.54) is 5.56 Å². The Morgan fingerprint density at radius 3 is 2.35 bits per heavy atom. The molecule has 1 amide bonds. The van der Waals surface area contributed by atoms with Gasteiger partial charge in [0.05, 0.1) is 13.7 Å². The number of methoxy groups -OCH3 is 1. The number of piperidine rings is 1. The third kappa shape index (κ3) is 5.33. The Morgan fingerprint density at radius 1 is 1.00 bits per heavy atom. The molecule has 2 aromatic rings. The predicted molar refractivity (Wildman–Crippen MR) is 102 cm³/mol. The van der Waals surface area contributed by atoms with E-state index in [2.05, 4.69) is 12.1 Å². The fourth-order valence-corrected chi connectivity index (χ4v) is 3.40. The molecule has 0 aromatic heterocycles. The minimum Gasteiger partial charge on any atom is -0.497 e. The van der Waals surface area contributed by atoms with Gasteiger partial charge in [0, 0.05) is 13.1 Å². The van der Waals surface area contributed by atoms with Gasteiger partial charge in [0.15, 0.2) is 0 Å². The molecule has 0 atom stereocenters. The molecule has 0 spiro atoms. The number of nitrogens with zero attached hydrogens (tertiary/aromatic N) is 1. The summed E-state index contributed by atoms with van der Waals surface area (Å²) in [5.41, 5.74) is 2.43. The monoisotopic (exact) mass is 353 g/mol. The lowest BCUT2D eigenvalue weighted by molar-refractivity contribution is -0.138. The van der Waals surface area contributed by atoms with Crippen LogP contribution in [0.25, 0.3) is 0 Å². The number of likely N-dealkylation sites (tertiary alicyclic amines) is 1. The maximum Gasteiger partial charge on any atom is 0.248 e. The van der Waals surface area contributed by atoms with Gasteiger partial charge in [0.2, 0.25) is 5.91 Å². The van der Waals surface area contributed by atoms with Crippen molar-refractivity contribution in [2.75, 3.05) is 26.8 Å². The zero-order valence-corrected chi connectivity index (χ0v) is 15.4. The zero-order valence-electron chi connectivity index (χ0n) is 15.4. The molecule has 1 saturated heterocycles. The molecule has 1 aliphatic rings. The largest absolute Gasteiger partial charge is 0.497 e. The van der Waals surface area contributed by atoms with Crippen molar-refractivity contribution in [3.8, 4) is 5.75 Å². The van der Waals surface area contributed by atoms with Crippen LogP contribution in [0.5, 0.6) is 5.75 Å². The molecule has 4 nitrogen and oxygen atoms in total. The van der Waals surface area contributed by atoms with Gasteiger partial charge >= 0.3 is 0 Å². The smallest absolute Gasteiger partial charge is 0.248 e. The highest BCUT2D eigenvalue weighted by molar-refractivity contribution is 5.77. The average Bonchev–Trinajstić information content (AvgIpc) is 2.70. The van der Waals surface area contributed by atoms with Crippen molar-refractivity contribution in [1.29, 1.82) is 0 Å². The molecule has 1 aliphatic heterocycles. The highest BCUT2D eigenvalue weighted by Gasteiger charge is 2.22. The first-order chi connectivity index (χ1) is 12.7. The summed E-state index contributed by atoms with van der Waals surface area (Å²) in [6, 6.07) is 18.2. The minimum absolute atomic E-state index is 0.101. The highest BCUT2D eigenvalue weighted by Crippen LogP contribution is 2.23. The third-order valence-electron chi connectivity index (χ3n) is 4.99. The molecule has 0 bridgehead atoms. The van der Waals surface area contributed by atoms with Gasteiger partial charge in [-0.25, -0.2) is 0 Å². The SMILES string of the molecule is COc1ccc(CC2CCN(C(=O)COCc3ccccc3)CC2)cc1. The van der Waals surface area contributed by atoms with E-state index in [9.17, 15) is 4.79 Å². The van der Waals surface area contributed by atoms with E-state index < -0.39 is 0 Å². The van der Waals surface area contributed by atoms with E-state index in [1.54, 1.807) is 7.11 Å². The molecule has 0 aliphatic carbocycles. The van der Waals surface area contributed by atoms with Crippen molar-refractivity contribution >= 4 is 5.91 Å².